The summed E-state index contributed by atoms with van der Waals surface area (Å²) < 4.78 is 0. The Morgan fingerprint density at radius 2 is 1.80 bits per heavy atom. The molecule has 30 heavy (non-hydrogen) atoms. The molecule has 0 heterocycles. The lowest BCUT2D eigenvalue weighted by molar-refractivity contribution is -0.0540. The molecular weight excluding hydrogens is 364 g/mol. The van der Waals surface area contributed by atoms with E-state index in [1.165, 1.54) is 44.9 Å². The van der Waals surface area contributed by atoms with Gasteiger partial charge in [-0.2, -0.15) is 0 Å². The molecule has 0 aromatic heterocycles. The number of hydrogen-bond donors (Lipinski definition) is 1. The van der Waals surface area contributed by atoms with Gasteiger partial charge in [-0.1, -0.05) is 65.3 Å². The smallest absolute Gasteiger partial charge is 0.0577 e. The summed E-state index contributed by atoms with van der Waals surface area (Å²) in [5.74, 6) is 5.70. The van der Waals surface area contributed by atoms with Crippen LogP contribution in [0.2, 0.25) is 0 Å². The van der Waals surface area contributed by atoms with Crippen molar-refractivity contribution in [2.24, 2.45) is 52.3 Å². The molecule has 1 heteroatoms. The fraction of sp³-hybridized carbons (Fsp3) is 0.862. The molecule has 0 aromatic carbocycles. The minimum Gasteiger partial charge on any atom is -0.393 e. The number of hydrogen-bond acceptors (Lipinski definition) is 1. The van der Waals surface area contributed by atoms with Crippen molar-refractivity contribution >= 4 is 0 Å². The third-order valence-corrected chi connectivity index (χ3v) is 10.8. The number of aliphatic hydroxyl groups is 1. The SMILES string of the molecule is CCC(/C=C/[C@@H](C)C1CCC2C3CC=C4CC(O)CC[C@]4(C)C3CCC21C)C(C)C. The number of rotatable bonds is 5. The van der Waals surface area contributed by atoms with Crippen molar-refractivity contribution in [1.82, 2.24) is 0 Å². The van der Waals surface area contributed by atoms with Crippen LogP contribution in [0.25, 0.3) is 0 Å². The molecular formula is C29H48O. The molecule has 0 aromatic rings. The van der Waals surface area contributed by atoms with E-state index in [1.807, 2.05) is 0 Å². The summed E-state index contributed by atoms with van der Waals surface area (Å²) in [7, 11) is 0. The minimum absolute atomic E-state index is 0.0870. The van der Waals surface area contributed by atoms with Gasteiger partial charge >= 0.3 is 0 Å². The van der Waals surface area contributed by atoms with Crippen LogP contribution in [0.4, 0.5) is 0 Å². The van der Waals surface area contributed by atoms with Crippen molar-refractivity contribution in [2.75, 3.05) is 0 Å². The van der Waals surface area contributed by atoms with Crippen LogP contribution < -0.4 is 0 Å². The van der Waals surface area contributed by atoms with Gasteiger partial charge in [0.05, 0.1) is 6.10 Å². The Labute approximate surface area is 186 Å². The average Bonchev–Trinajstić information content (AvgIpc) is 3.06. The zero-order valence-electron chi connectivity index (χ0n) is 20.7. The lowest BCUT2D eigenvalue weighted by Crippen LogP contribution is -2.50. The van der Waals surface area contributed by atoms with Crippen LogP contribution in [0.15, 0.2) is 23.8 Å². The zero-order chi connectivity index (χ0) is 21.7. The fourth-order valence-corrected chi connectivity index (χ4v) is 8.83. The van der Waals surface area contributed by atoms with E-state index in [0.717, 1.165) is 48.3 Å². The van der Waals surface area contributed by atoms with Crippen LogP contribution in [0, 0.1) is 52.3 Å². The van der Waals surface area contributed by atoms with E-state index in [0.29, 0.717) is 16.7 Å². The molecule has 170 valence electrons. The van der Waals surface area contributed by atoms with E-state index in [1.54, 1.807) is 5.57 Å². The molecule has 0 radical (unpaired) electrons. The van der Waals surface area contributed by atoms with Gasteiger partial charge in [-0.3, -0.25) is 0 Å². The first-order chi connectivity index (χ1) is 14.2. The van der Waals surface area contributed by atoms with E-state index in [-0.39, 0.29) is 6.10 Å². The standard InChI is InChI=1S/C29H48O/c1-7-21(19(2)3)9-8-20(4)25-12-13-26-24-11-10-22-18-23(30)14-16-28(22,5)27(24)15-17-29(25,26)6/h8-10,19-21,23-27,30H,7,11-18H2,1-6H3/b9-8+/t20-,21?,23?,24?,25?,26?,27?,28+,29?/m1/s1. The van der Waals surface area contributed by atoms with Crippen molar-refractivity contribution < 1.29 is 5.11 Å². The van der Waals surface area contributed by atoms with Gasteiger partial charge in [0.15, 0.2) is 0 Å². The Bertz CT molecular complexity index is 674. The van der Waals surface area contributed by atoms with E-state index < -0.39 is 0 Å². The van der Waals surface area contributed by atoms with E-state index in [2.05, 4.69) is 59.8 Å². The molecule has 7 unspecified atom stereocenters. The third kappa shape index (κ3) is 3.66. The van der Waals surface area contributed by atoms with Gasteiger partial charge in [0.25, 0.3) is 0 Å². The molecule has 0 spiro atoms. The van der Waals surface area contributed by atoms with Gasteiger partial charge in [0.2, 0.25) is 0 Å². The van der Waals surface area contributed by atoms with Gasteiger partial charge in [-0.25, -0.2) is 0 Å². The molecule has 4 aliphatic carbocycles. The monoisotopic (exact) mass is 412 g/mol. The quantitative estimate of drug-likeness (QED) is 0.457. The lowest BCUT2D eigenvalue weighted by Gasteiger charge is -2.58. The molecule has 0 amide bonds. The maximum atomic E-state index is 10.2. The first kappa shape index (κ1) is 22.6. The predicted molar refractivity (Wildman–Crippen MR) is 128 cm³/mol. The Morgan fingerprint density at radius 3 is 2.50 bits per heavy atom. The van der Waals surface area contributed by atoms with Gasteiger partial charge in [0, 0.05) is 0 Å². The maximum absolute atomic E-state index is 10.2. The summed E-state index contributed by atoms with van der Waals surface area (Å²) in [4.78, 5) is 0. The molecule has 0 aliphatic heterocycles. The first-order valence-electron chi connectivity index (χ1n) is 13.3. The zero-order valence-corrected chi connectivity index (χ0v) is 20.7. The van der Waals surface area contributed by atoms with Crippen molar-refractivity contribution in [3.05, 3.63) is 23.8 Å². The molecule has 4 aliphatic rings. The van der Waals surface area contributed by atoms with Crippen LogP contribution in [-0.4, -0.2) is 11.2 Å². The summed E-state index contributed by atoms with van der Waals surface area (Å²) in [6, 6.07) is 0. The third-order valence-electron chi connectivity index (χ3n) is 10.8. The topological polar surface area (TPSA) is 20.2 Å². The highest BCUT2D eigenvalue weighted by Crippen LogP contribution is 2.67. The van der Waals surface area contributed by atoms with Gasteiger partial charge < -0.3 is 5.11 Å². The van der Waals surface area contributed by atoms with Crippen molar-refractivity contribution in [1.29, 1.82) is 0 Å². The van der Waals surface area contributed by atoms with Crippen molar-refractivity contribution in [3.63, 3.8) is 0 Å². The van der Waals surface area contributed by atoms with Crippen LogP contribution >= 0.6 is 0 Å². The van der Waals surface area contributed by atoms with Gasteiger partial charge in [-0.15, -0.1) is 0 Å². The Morgan fingerprint density at radius 1 is 1.03 bits per heavy atom. The van der Waals surface area contributed by atoms with E-state index in [4.69, 9.17) is 0 Å². The number of aliphatic hydroxyl groups excluding tert-OH is 1. The highest BCUT2D eigenvalue weighted by molar-refractivity contribution is 5.25. The van der Waals surface area contributed by atoms with E-state index >= 15 is 0 Å². The second kappa shape index (κ2) is 8.42. The van der Waals surface area contributed by atoms with Gasteiger partial charge in [-0.05, 0) is 110 Å². The van der Waals surface area contributed by atoms with Crippen LogP contribution in [0.1, 0.15) is 99.3 Å². The summed E-state index contributed by atoms with van der Waals surface area (Å²) in [6.45, 7) is 14.8. The van der Waals surface area contributed by atoms with Gasteiger partial charge in [0.1, 0.15) is 0 Å². The maximum Gasteiger partial charge on any atom is 0.0577 e. The molecule has 9 atom stereocenters. The summed E-state index contributed by atoms with van der Waals surface area (Å²) in [6.07, 6.45) is 19.1. The number of fused-ring (bicyclic) bond motifs is 5. The lowest BCUT2D eigenvalue weighted by atomic mass is 9.47. The van der Waals surface area contributed by atoms with Crippen LogP contribution in [0.3, 0.4) is 0 Å². The first-order valence-corrected chi connectivity index (χ1v) is 13.3. The summed E-state index contributed by atoms with van der Waals surface area (Å²) in [5.41, 5.74) is 2.51. The molecule has 4 rings (SSSR count). The number of allylic oxidation sites excluding steroid dienone is 3. The minimum atomic E-state index is -0.0870. The van der Waals surface area contributed by atoms with Crippen molar-refractivity contribution in [2.45, 2.75) is 105 Å². The summed E-state index contributed by atoms with van der Waals surface area (Å²) >= 11 is 0. The fourth-order valence-electron chi connectivity index (χ4n) is 8.83. The molecule has 3 fully saturated rings. The molecule has 3 saturated carbocycles. The molecule has 0 bridgehead atoms. The normalized spacial score (nSPS) is 45.6. The Hall–Kier alpha value is -0.560. The second-order valence-electron chi connectivity index (χ2n) is 12.4. The predicted octanol–water partition coefficient (Wildman–Crippen LogP) is 7.80. The Kier molecular flexibility index (Phi) is 6.35. The average molecular weight is 413 g/mol. The Balaban J connectivity index is 1.52. The molecule has 0 saturated heterocycles. The molecule has 1 N–H and O–H groups in total. The second-order valence-corrected chi connectivity index (χ2v) is 12.4. The summed E-state index contributed by atoms with van der Waals surface area (Å²) in [5, 5.41) is 10.2. The highest BCUT2D eigenvalue weighted by Gasteiger charge is 2.58. The largest absolute Gasteiger partial charge is 0.393 e. The van der Waals surface area contributed by atoms with E-state index in [9.17, 15) is 5.11 Å². The highest BCUT2D eigenvalue weighted by atomic mass is 16.3. The van der Waals surface area contributed by atoms with Crippen LogP contribution in [-0.2, 0) is 0 Å². The van der Waals surface area contributed by atoms with Crippen molar-refractivity contribution in [3.8, 4) is 0 Å². The molecule has 1 nitrogen and oxygen atoms in total. The van der Waals surface area contributed by atoms with Crippen LogP contribution in [0.5, 0.6) is 0 Å².